The van der Waals surface area contributed by atoms with Crippen molar-refractivity contribution in [1.82, 2.24) is 0 Å². The maximum Gasteiger partial charge on any atom is 0.137 e. The van der Waals surface area contributed by atoms with Crippen molar-refractivity contribution in [2.24, 2.45) is 0 Å². The Hall–Kier alpha value is -13.8. The SMILES string of the molecule is c1ccc(-c2ccc(N(c3ccc4c(c3)oc3ccccc34)c3ccc4c(c3)sc3cccc(N(c5ccccc5)c5ccccc5)c34)cc2)cc1.c1ccc(N(c2ccccc2)c2cccc3sc4cc(N(c5ccc(-c6ccc7ccccc7c6)cc5)c5ccc6c(c5)oc5ccccc56)ccc4c23)cc1. The third kappa shape index (κ3) is 11.7. The van der Waals surface area contributed by atoms with Crippen molar-refractivity contribution in [3.05, 3.63) is 400 Å². The minimum atomic E-state index is 0.871. The summed E-state index contributed by atoms with van der Waals surface area (Å²) in [6, 6.07) is 143. The van der Waals surface area contributed by atoms with Gasteiger partial charge in [0.15, 0.2) is 0 Å². The second-order valence-corrected chi connectivity index (χ2v) is 29.3. The van der Waals surface area contributed by atoms with E-state index in [0.717, 1.165) is 112 Å². The number of hydrogen-bond donors (Lipinski definition) is 0. The molecule has 21 rings (SSSR count). The monoisotopic (exact) mass is 1420 g/mol. The summed E-state index contributed by atoms with van der Waals surface area (Å²) in [6.45, 7) is 0. The van der Waals surface area contributed by atoms with Crippen molar-refractivity contribution in [1.29, 1.82) is 0 Å². The van der Waals surface area contributed by atoms with Gasteiger partial charge in [-0.2, -0.15) is 0 Å². The third-order valence-electron chi connectivity index (χ3n) is 20.7. The fourth-order valence-electron chi connectivity index (χ4n) is 15.6. The minimum absolute atomic E-state index is 0.871. The molecule has 0 bridgehead atoms. The summed E-state index contributed by atoms with van der Waals surface area (Å²) >= 11 is 3.68. The quantitative estimate of drug-likeness (QED) is 0.108. The van der Waals surface area contributed by atoms with Crippen molar-refractivity contribution in [2.75, 3.05) is 19.6 Å². The molecule has 6 nitrogen and oxygen atoms in total. The van der Waals surface area contributed by atoms with Gasteiger partial charge < -0.3 is 28.4 Å². The van der Waals surface area contributed by atoms with Crippen LogP contribution in [0.5, 0.6) is 0 Å². The van der Waals surface area contributed by atoms with E-state index >= 15 is 0 Å². The molecule has 0 amide bonds. The van der Waals surface area contributed by atoms with E-state index in [0.29, 0.717) is 0 Å². The van der Waals surface area contributed by atoms with Gasteiger partial charge in [-0.3, -0.25) is 0 Å². The summed E-state index contributed by atoms with van der Waals surface area (Å²) < 4.78 is 17.8. The molecule has 0 N–H and O–H groups in total. The molecule has 0 aliphatic rings. The fraction of sp³-hybridized carbons (Fsp3) is 0. The summed E-state index contributed by atoms with van der Waals surface area (Å²) in [5.41, 5.74) is 21.6. The van der Waals surface area contributed by atoms with E-state index in [1.165, 1.54) is 73.4 Å². The molecule has 510 valence electrons. The molecule has 0 spiro atoms. The van der Waals surface area contributed by atoms with E-state index in [-0.39, 0.29) is 0 Å². The molecule has 0 aliphatic carbocycles. The molecule has 0 unspecified atom stereocenters. The first kappa shape index (κ1) is 63.9. The van der Waals surface area contributed by atoms with Gasteiger partial charge in [-0.1, -0.05) is 224 Å². The Morgan fingerprint density at radius 2 is 0.500 bits per heavy atom. The Labute approximate surface area is 632 Å². The number of benzene rings is 17. The van der Waals surface area contributed by atoms with Crippen LogP contribution < -0.4 is 19.6 Å². The number of hydrogen-bond acceptors (Lipinski definition) is 8. The average Bonchev–Trinajstić information content (AvgIpc) is 1.50. The largest absolute Gasteiger partial charge is 0.456 e. The summed E-state index contributed by atoms with van der Waals surface area (Å²) in [7, 11) is 0. The van der Waals surface area contributed by atoms with Crippen LogP contribution in [0.15, 0.2) is 409 Å². The van der Waals surface area contributed by atoms with Crippen molar-refractivity contribution in [3.63, 3.8) is 0 Å². The molecule has 4 aromatic heterocycles. The highest BCUT2D eigenvalue weighted by Crippen LogP contribution is 2.50. The van der Waals surface area contributed by atoms with Gasteiger partial charge in [0, 0.05) is 131 Å². The van der Waals surface area contributed by atoms with Gasteiger partial charge in [-0.25, -0.2) is 0 Å². The maximum absolute atomic E-state index is 6.42. The highest BCUT2D eigenvalue weighted by molar-refractivity contribution is 7.26. The highest BCUT2D eigenvalue weighted by atomic mass is 32.1. The second-order valence-electron chi connectivity index (χ2n) is 27.1. The normalized spacial score (nSPS) is 11.5. The predicted octanol–water partition coefficient (Wildman–Crippen LogP) is 30.3. The lowest BCUT2D eigenvalue weighted by Crippen LogP contribution is -2.10. The third-order valence-corrected chi connectivity index (χ3v) is 22.9. The van der Waals surface area contributed by atoms with Crippen LogP contribution in [0.2, 0.25) is 0 Å². The van der Waals surface area contributed by atoms with Crippen LogP contribution in [0.3, 0.4) is 0 Å². The zero-order valence-corrected chi connectivity index (χ0v) is 60.2. The van der Waals surface area contributed by atoms with E-state index in [9.17, 15) is 0 Å². The lowest BCUT2D eigenvalue weighted by atomic mass is 10.0. The van der Waals surface area contributed by atoms with E-state index in [2.05, 4.69) is 396 Å². The molecule has 0 radical (unpaired) electrons. The topological polar surface area (TPSA) is 39.2 Å². The zero-order chi connectivity index (χ0) is 71.4. The smallest absolute Gasteiger partial charge is 0.137 e. The minimum Gasteiger partial charge on any atom is -0.456 e. The first-order valence-electron chi connectivity index (χ1n) is 36.4. The summed E-state index contributed by atoms with van der Waals surface area (Å²) in [6.07, 6.45) is 0. The molecule has 8 heteroatoms. The first-order chi connectivity index (χ1) is 53.5. The van der Waals surface area contributed by atoms with Gasteiger partial charge in [0.25, 0.3) is 0 Å². The summed E-state index contributed by atoms with van der Waals surface area (Å²) in [5.74, 6) is 0. The standard InChI is InChI=1S/C52H34N2OS.C48H32N2OS/c1-3-14-39(15-4-1)54(40-16-5-2-6-17-40)47-19-11-21-50-52(47)46-31-29-43(34-51(46)56-50)53(42-28-30-45-44-18-9-10-20-48(44)55-49(45)33-42)41-26-24-36(25-27-41)38-23-22-35-12-7-8-13-37(35)32-38;1-4-13-33(14-5-1)34-23-25-37(26-24-34)49(38-27-29-41-40-19-10-11-21-44(40)51-45(41)31-38)39-28-30-42-47(32-39)52-46-22-12-20-43(48(42)46)50(35-15-6-2-7-16-35)36-17-8-3-9-18-36/h1-34H;1-32H. The van der Waals surface area contributed by atoms with Gasteiger partial charge in [0.1, 0.15) is 22.3 Å². The Morgan fingerprint density at radius 3 is 0.944 bits per heavy atom. The molecule has 21 aromatic rings. The number of anilines is 12. The van der Waals surface area contributed by atoms with Crippen LogP contribution >= 0.6 is 22.7 Å². The van der Waals surface area contributed by atoms with Gasteiger partial charge in [-0.05, 0) is 197 Å². The number of furan rings is 2. The molecule has 108 heavy (non-hydrogen) atoms. The van der Waals surface area contributed by atoms with E-state index in [1.807, 2.05) is 46.9 Å². The predicted molar refractivity (Wildman–Crippen MR) is 460 cm³/mol. The molecule has 0 saturated heterocycles. The van der Waals surface area contributed by atoms with Gasteiger partial charge in [-0.15, -0.1) is 22.7 Å². The van der Waals surface area contributed by atoms with E-state index < -0.39 is 0 Å². The Balaban J connectivity index is 0.000000143. The average molecular weight is 1420 g/mol. The molecular formula is C100H66N4O2S2. The Kier molecular flexibility index (Phi) is 16.2. The van der Waals surface area contributed by atoms with Crippen LogP contribution in [0.4, 0.5) is 68.2 Å². The van der Waals surface area contributed by atoms with Crippen LogP contribution in [-0.2, 0) is 0 Å². The number of para-hydroxylation sites is 6. The lowest BCUT2D eigenvalue weighted by molar-refractivity contribution is 0.668. The van der Waals surface area contributed by atoms with Gasteiger partial charge in [0.2, 0.25) is 0 Å². The molecule has 0 saturated carbocycles. The fourth-order valence-corrected chi connectivity index (χ4v) is 17.9. The van der Waals surface area contributed by atoms with Crippen molar-refractivity contribution >= 4 is 186 Å². The van der Waals surface area contributed by atoms with Crippen LogP contribution in [0.25, 0.3) is 117 Å². The summed E-state index contributed by atoms with van der Waals surface area (Å²) in [5, 5.41) is 12.0. The Morgan fingerprint density at radius 1 is 0.176 bits per heavy atom. The molecule has 17 aromatic carbocycles. The maximum atomic E-state index is 6.42. The first-order valence-corrected chi connectivity index (χ1v) is 38.1. The van der Waals surface area contributed by atoms with Crippen LogP contribution in [0, 0.1) is 0 Å². The highest BCUT2D eigenvalue weighted by Gasteiger charge is 2.24. The number of thiophene rings is 2. The van der Waals surface area contributed by atoms with Crippen molar-refractivity contribution < 1.29 is 8.83 Å². The molecule has 0 aliphatic heterocycles. The number of rotatable bonds is 14. The zero-order valence-electron chi connectivity index (χ0n) is 58.5. The van der Waals surface area contributed by atoms with Crippen molar-refractivity contribution in [2.45, 2.75) is 0 Å². The lowest BCUT2D eigenvalue weighted by Gasteiger charge is -2.27. The van der Waals surface area contributed by atoms with Gasteiger partial charge >= 0.3 is 0 Å². The van der Waals surface area contributed by atoms with E-state index in [1.54, 1.807) is 0 Å². The van der Waals surface area contributed by atoms with Crippen LogP contribution in [0.1, 0.15) is 0 Å². The van der Waals surface area contributed by atoms with Crippen LogP contribution in [-0.4, -0.2) is 0 Å². The summed E-state index contributed by atoms with van der Waals surface area (Å²) in [4.78, 5) is 9.42. The second kappa shape index (κ2) is 27.4. The molecule has 4 heterocycles. The molecule has 0 fully saturated rings. The van der Waals surface area contributed by atoms with Gasteiger partial charge in [0.05, 0.1) is 11.4 Å². The van der Waals surface area contributed by atoms with Crippen molar-refractivity contribution in [3.8, 4) is 22.3 Å². The van der Waals surface area contributed by atoms with E-state index in [4.69, 9.17) is 8.83 Å². The number of nitrogens with zero attached hydrogens (tertiary/aromatic N) is 4. The Bertz CT molecular complexity index is 6800. The molecular weight excluding hydrogens is 1350 g/mol. The molecule has 0 atom stereocenters. The number of fused-ring (bicyclic) bond motifs is 13.